The fraction of sp³-hybridized carbons (Fsp3) is 0.684. The number of carbonyl (C=O) groups excluding carboxylic acids is 1. The Balaban J connectivity index is 1.30. The molecule has 3 fully saturated rings. The van der Waals surface area contributed by atoms with Crippen LogP contribution in [-0.2, 0) is 9.53 Å². The number of likely N-dealkylation sites (tertiary alicyclic amines) is 1. The number of nitrogens with one attached hydrogen (secondary N) is 1. The summed E-state index contributed by atoms with van der Waals surface area (Å²) in [6.07, 6.45) is 3.07. The van der Waals surface area contributed by atoms with Crippen LogP contribution in [0.25, 0.3) is 0 Å². The van der Waals surface area contributed by atoms with E-state index in [4.69, 9.17) is 16.3 Å². The molecular weight excluding hydrogens is 368 g/mol. The Morgan fingerprint density at radius 2 is 2.00 bits per heavy atom. The van der Waals surface area contributed by atoms with Crippen LogP contribution in [0, 0.1) is 11.8 Å². The zero-order valence-electron chi connectivity index (χ0n) is 15.4. The number of rotatable bonds is 4. The minimum absolute atomic E-state index is 0.0613. The van der Waals surface area contributed by atoms with E-state index in [-0.39, 0.29) is 18.1 Å². The van der Waals surface area contributed by atoms with Crippen LogP contribution in [0.4, 0.5) is 5.82 Å². The maximum absolute atomic E-state index is 12.3. The van der Waals surface area contributed by atoms with E-state index in [2.05, 4.69) is 20.1 Å². The van der Waals surface area contributed by atoms with Crippen LogP contribution in [0.15, 0.2) is 18.3 Å². The van der Waals surface area contributed by atoms with E-state index in [1.807, 2.05) is 0 Å². The summed E-state index contributed by atoms with van der Waals surface area (Å²) < 4.78 is 5.44. The molecule has 2 N–H and O–H groups in total. The molecule has 1 aromatic heterocycles. The standard InChI is InChI=1S/C19H27ClN4O3/c20-15-1-2-18(21-9-15)22-19(26)12-23-10-13-7-16(17(25)8-14(13)11-23)24-3-5-27-6-4-24/h1-2,9,13-14,16-17,25H,3-8,10-12H2,(H,21,22,26)/t13-,14+,16-,17-/m1/s1. The van der Waals surface area contributed by atoms with Gasteiger partial charge < -0.3 is 15.2 Å². The molecule has 148 valence electrons. The van der Waals surface area contributed by atoms with Crippen LogP contribution in [0.1, 0.15) is 12.8 Å². The van der Waals surface area contributed by atoms with E-state index in [0.29, 0.717) is 29.2 Å². The fourth-order valence-electron chi connectivity index (χ4n) is 4.77. The monoisotopic (exact) mass is 394 g/mol. The molecule has 1 saturated carbocycles. The molecule has 2 aliphatic heterocycles. The first kappa shape index (κ1) is 19.1. The highest BCUT2D eigenvalue weighted by molar-refractivity contribution is 6.30. The number of hydrogen-bond acceptors (Lipinski definition) is 6. The smallest absolute Gasteiger partial charge is 0.239 e. The average Bonchev–Trinajstić information content (AvgIpc) is 3.04. The molecule has 27 heavy (non-hydrogen) atoms. The third-order valence-corrected chi connectivity index (χ3v) is 6.29. The van der Waals surface area contributed by atoms with E-state index < -0.39 is 0 Å². The summed E-state index contributed by atoms with van der Waals surface area (Å²) in [7, 11) is 0. The molecule has 7 nitrogen and oxygen atoms in total. The van der Waals surface area contributed by atoms with Crippen LogP contribution < -0.4 is 5.32 Å². The maximum atomic E-state index is 12.3. The van der Waals surface area contributed by atoms with Gasteiger partial charge in [0, 0.05) is 38.4 Å². The molecule has 1 aliphatic carbocycles. The van der Waals surface area contributed by atoms with Gasteiger partial charge in [0.25, 0.3) is 0 Å². The number of morpholine rings is 1. The first-order valence-electron chi connectivity index (χ1n) is 9.72. The van der Waals surface area contributed by atoms with Crippen molar-refractivity contribution in [2.75, 3.05) is 51.3 Å². The summed E-state index contributed by atoms with van der Waals surface area (Å²) in [6, 6.07) is 3.64. The van der Waals surface area contributed by atoms with Crippen molar-refractivity contribution in [3.63, 3.8) is 0 Å². The van der Waals surface area contributed by atoms with Gasteiger partial charge in [-0.05, 0) is 36.8 Å². The van der Waals surface area contributed by atoms with Crippen molar-refractivity contribution in [1.29, 1.82) is 0 Å². The lowest BCUT2D eigenvalue weighted by atomic mass is 9.77. The first-order chi connectivity index (χ1) is 13.1. The van der Waals surface area contributed by atoms with Gasteiger partial charge in [-0.2, -0.15) is 0 Å². The number of aliphatic hydroxyl groups excluding tert-OH is 1. The number of anilines is 1. The van der Waals surface area contributed by atoms with Crippen molar-refractivity contribution in [2.24, 2.45) is 11.8 Å². The fourth-order valence-corrected chi connectivity index (χ4v) is 4.88. The van der Waals surface area contributed by atoms with Gasteiger partial charge in [0.1, 0.15) is 5.82 Å². The summed E-state index contributed by atoms with van der Waals surface area (Å²) in [4.78, 5) is 21.0. The number of nitrogens with zero attached hydrogens (tertiary/aromatic N) is 3. The average molecular weight is 395 g/mol. The van der Waals surface area contributed by atoms with Crippen LogP contribution in [0.5, 0.6) is 0 Å². The molecule has 0 aromatic carbocycles. The Labute approximate surface area is 164 Å². The van der Waals surface area contributed by atoms with Gasteiger partial charge in [-0.3, -0.25) is 14.6 Å². The molecule has 1 aromatic rings. The highest BCUT2D eigenvalue weighted by Gasteiger charge is 2.43. The van der Waals surface area contributed by atoms with Crippen molar-refractivity contribution < 1.29 is 14.6 Å². The number of ether oxygens (including phenoxy) is 1. The van der Waals surface area contributed by atoms with E-state index in [0.717, 1.165) is 52.2 Å². The Morgan fingerprint density at radius 1 is 1.26 bits per heavy atom. The second-order valence-corrected chi connectivity index (χ2v) is 8.31. The van der Waals surface area contributed by atoms with Crippen LogP contribution in [0.2, 0.25) is 5.02 Å². The molecular formula is C19H27ClN4O3. The number of amides is 1. The second kappa shape index (κ2) is 8.41. The van der Waals surface area contributed by atoms with Crippen molar-refractivity contribution >= 4 is 23.3 Å². The van der Waals surface area contributed by atoms with Gasteiger partial charge in [0.2, 0.25) is 5.91 Å². The lowest BCUT2D eigenvalue weighted by Gasteiger charge is -2.43. The topological polar surface area (TPSA) is 77.9 Å². The Morgan fingerprint density at radius 3 is 2.70 bits per heavy atom. The number of fused-ring (bicyclic) bond motifs is 1. The molecule has 4 atom stereocenters. The molecule has 3 aliphatic rings. The number of carbonyl (C=O) groups is 1. The third-order valence-electron chi connectivity index (χ3n) is 6.06. The third kappa shape index (κ3) is 4.60. The van der Waals surface area contributed by atoms with Gasteiger partial charge >= 0.3 is 0 Å². The van der Waals surface area contributed by atoms with E-state index in [1.165, 1.54) is 6.20 Å². The molecule has 3 heterocycles. The van der Waals surface area contributed by atoms with Crippen molar-refractivity contribution in [3.05, 3.63) is 23.4 Å². The predicted molar refractivity (Wildman–Crippen MR) is 103 cm³/mol. The highest BCUT2D eigenvalue weighted by atomic mass is 35.5. The number of aromatic nitrogens is 1. The van der Waals surface area contributed by atoms with Crippen molar-refractivity contribution in [3.8, 4) is 0 Å². The summed E-state index contributed by atoms with van der Waals surface area (Å²) in [6.45, 7) is 5.46. The first-order valence-corrected chi connectivity index (χ1v) is 10.1. The minimum Gasteiger partial charge on any atom is -0.391 e. The number of halogens is 1. The lowest BCUT2D eigenvalue weighted by molar-refractivity contribution is -0.117. The molecule has 2 saturated heterocycles. The van der Waals surface area contributed by atoms with Gasteiger partial charge in [-0.15, -0.1) is 0 Å². The SMILES string of the molecule is O=C(CN1C[C@H]2C[C@@H](N3CCOCC3)[C@H](O)C[C@H]2C1)Nc1ccc(Cl)cn1. The Kier molecular flexibility index (Phi) is 5.94. The normalized spacial score (nSPS) is 32.2. The summed E-state index contributed by atoms with van der Waals surface area (Å²) >= 11 is 5.82. The highest BCUT2D eigenvalue weighted by Crippen LogP contribution is 2.38. The second-order valence-electron chi connectivity index (χ2n) is 7.88. The predicted octanol–water partition coefficient (Wildman–Crippen LogP) is 1.08. The molecule has 0 spiro atoms. The van der Waals surface area contributed by atoms with Gasteiger partial charge in [0.15, 0.2) is 0 Å². The van der Waals surface area contributed by atoms with Crippen LogP contribution in [0.3, 0.4) is 0 Å². The van der Waals surface area contributed by atoms with Crippen LogP contribution >= 0.6 is 11.6 Å². The summed E-state index contributed by atoms with van der Waals surface area (Å²) in [5.74, 6) is 1.47. The van der Waals surface area contributed by atoms with Crippen molar-refractivity contribution in [1.82, 2.24) is 14.8 Å². The zero-order chi connectivity index (χ0) is 18.8. The Bertz CT molecular complexity index is 653. The quantitative estimate of drug-likeness (QED) is 0.795. The number of hydrogen-bond donors (Lipinski definition) is 2. The van der Waals surface area contributed by atoms with E-state index in [1.54, 1.807) is 12.1 Å². The van der Waals surface area contributed by atoms with Gasteiger partial charge in [-0.25, -0.2) is 4.98 Å². The van der Waals surface area contributed by atoms with Crippen LogP contribution in [-0.4, -0.2) is 83.9 Å². The Hall–Kier alpha value is -1.25. The van der Waals surface area contributed by atoms with Crippen molar-refractivity contribution in [2.45, 2.75) is 25.0 Å². The van der Waals surface area contributed by atoms with Gasteiger partial charge in [0.05, 0.1) is 30.9 Å². The number of pyridine rings is 1. The molecule has 4 rings (SSSR count). The van der Waals surface area contributed by atoms with Gasteiger partial charge in [-0.1, -0.05) is 11.6 Å². The minimum atomic E-state index is -0.281. The molecule has 0 radical (unpaired) electrons. The zero-order valence-corrected chi connectivity index (χ0v) is 16.1. The molecule has 1 amide bonds. The molecule has 0 bridgehead atoms. The van der Waals surface area contributed by atoms with E-state index >= 15 is 0 Å². The molecule has 8 heteroatoms. The lowest BCUT2D eigenvalue weighted by Crippen LogP contribution is -2.53. The summed E-state index contributed by atoms with van der Waals surface area (Å²) in [5, 5.41) is 14.0. The summed E-state index contributed by atoms with van der Waals surface area (Å²) in [5.41, 5.74) is 0. The largest absolute Gasteiger partial charge is 0.391 e. The molecule has 0 unspecified atom stereocenters. The van der Waals surface area contributed by atoms with E-state index in [9.17, 15) is 9.90 Å². The number of aliphatic hydroxyl groups is 1. The maximum Gasteiger partial charge on any atom is 0.239 e.